The Labute approximate surface area is 101 Å². The van der Waals surface area contributed by atoms with Crippen molar-refractivity contribution in [1.29, 1.82) is 0 Å². The maximum absolute atomic E-state index is 9.45. The first-order chi connectivity index (χ1) is 7.45. The monoisotopic (exact) mass is 240 g/mol. The Morgan fingerprint density at radius 3 is 2.81 bits per heavy atom. The number of hydrogen-bond acceptors (Lipinski definition) is 4. The molecular weight excluding hydrogens is 220 g/mol. The molecule has 0 amide bonds. The third kappa shape index (κ3) is 2.81. The fourth-order valence-electron chi connectivity index (χ4n) is 1.91. The van der Waals surface area contributed by atoms with E-state index in [1.165, 1.54) is 5.01 Å². The summed E-state index contributed by atoms with van der Waals surface area (Å²) in [5.41, 5.74) is 1.29. The number of likely N-dealkylation sites (tertiary alicyclic amines) is 1. The minimum atomic E-state index is -0.138. The molecule has 1 saturated heterocycles. The minimum Gasteiger partial charge on any atom is -0.392 e. The molecule has 1 fully saturated rings. The van der Waals surface area contributed by atoms with Crippen LogP contribution in [-0.4, -0.2) is 34.2 Å². The van der Waals surface area contributed by atoms with Gasteiger partial charge in [0.05, 0.1) is 16.8 Å². The van der Waals surface area contributed by atoms with Gasteiger partial charge in [-0.1, -0.05) is 20.8 Å². The molecule has 2 heterocycles. The molecule has 0 aromatic carbocycles. The Morgan fingerprint density at radius 1 is 1.56 bits per heavy atom. The maximum atomic E-state index is 9.45. The van der Waals surface area contributed by atoms with E-state index < -0.39 is 0 Å². The molecule has 0 aliphatic carbocycles. The first kappa shape index (κ1) is 12.0. The summed E-state index contributed by atoms with van der Waals surface area (Å²) in [7, 11) is 0. The van der Waals surface area contributed by atoms with Crippen LogP contribution in [0.2, 0.25) is 0 Å². The fraction of sp³-hybridized carbons (Fsp3) is 0.750. The van der Waals surface area contributed by atoms with Crippen LogP contribution < -0.4 is 0 Å². The van der Waals surface area contributed by atoms with Gasteiger partial charge in [-0.2, -0.15) is 0 Å². The highest BCUT2D eigenvalue weighted by Gasteiger charge is 2.22. The van der Waals surface area contributed by atoms with Gasteiger partial charge in [0.15, 0.2) is 0 Å². The largest absolute Gasteiger partial charge is 0.392 e. The molecule has 0 radical (unpaired) electrons. The molecule has 0 bridgehead atoms. The van der Waals surface area contributed by atoms with Crippen molar-refractivity contribution >= 4 is 11.3 Å². The van der Waals surface area contributed by atoms with Gasteiger partial charge in [0.1, 0.15) is 0 Å². The van der Waals surface area contributed by atoms with Crippen LogP contribution in [-0.2, 0) is 12.0 Å². The Morgan fingerprint density at radius 2 is 2.31 bits per heavy atom. The molecule has 2 rings (SSSR count). The molecule has 16 heavy (non-hydrogen) atoms. The van der Waals surface area contributed by atoms with Crippen LogP contribution in [0.3, 0.4) is 0 Å². The van der Waals surface area contributed by atoms with Gasteiger partial charge in [0.2, 0.25) is 0 Å². The normalized spacial score (nSPS) is 22.9. The van der Waals surface area contributed by atoms with Gasteiger partial charge in [-0.3, -0.25) is 4.90 Å². The number of aliphatic hydroxyl groups excluding tert-OH is 1. The number of aromatic nitrogens is 1. The number of β-amino-alcohol motifs (C(OH)–C–C–N with tert-alkyl or cyclic N) is 1. The molecule has 90 valence electrons. The maximum Gasteiger partial charge on any atom is 0.0982 e. The average Bonchev–Trinajstić information content (AvgIpc) is 2.74. The molecule has 1 aliphatic heterocycles. The zero-order chi connectivity index (χ0) is 11.8. The van der Waals surface area contributed by atoms with E-state index in [1.54, 1.807) is 11.3 Å². The van der Waals surface area contributed by atoms with Crippen LogP contribution >= 0.6 is 11.3 Å². The first-order valence-electron chi connectivity index (χ1n) is 5.80. The summed E-state index contributed by atoms with van der Waals surface area (Å²) in [5, 5.41) is 12.8. The third-order valence-corrected chi connectivity index (χ3v) is 4.14. The van der Waals surface area contributed by atoms with Crippen LogP contribution in [0.25, 0.3) is 0 Å². The minimum absolute atomic E-state index is 0.138. The summed E-state index contributed by atoms with van der Waals surface area (Å²) in [6.45, 7) is 9.23. The van der Waals surface area contributed by atoms with Gasteiger partial charge < -0.3 is 5.11 Å². The number of nitrogens with zero attached hydrogens (tertiary/aromatic N) is 2. The smallest absolute Gasteiger partial charge is 0.0982 e. The van der Waals surface area contributed by atoms with E-state index in [2.05, 4.69) is 36.0 Å². The second-order valence-electron chi connectivity index (χ2n) is 5.57. The summed E-state index contributed by atoms with van der Waals surface area (Å²) < 4.78 is 0. The van der Waals surface area contributed by atoms with Crippen molar-refractivity contribution in [3.05, 3.63) is 16.1 Å². The number of rotatable bonds is 2. The number of thiazole rings is 1. The zero-order valence-electron chi connectivity index (χ0n) is 10.2. The van der Waals surface area contributed by atoms with Gasteiger partial charge in [0.25, 0.3) is 0 Å². The van der Waals surface area contributed by atoms with E-state index in [0.717, 1.165) is 31.7 Å². The van der Waals surface area contributed by atoms with Gasteiger partial charge in [0, 0.05) is 30.4 Å². The quantitative estimate of drug-likeness (QED) is 0.859. The lowest BCUT2D eigenvalue weighted by Crippen LogP contribution is -2.21. The molecule has 3 nitrogen and oxygen atoms in total. The molecule has 1 N–H and O–H groups in total. The molecule has 1 atom stereocenters. The van der Waals surface area contributed by atoms with Gasteiger partial charge in [-0.25, -0.2) is 4.98 Å². The van der Waals surface area contributed by atoms with Crippen molar-refractivity contribution in [2.45, 2.75) is 45.3 Å². The van der Waals surface area contributed by atoms with E-state index >= 15 is 0 Å². The van der Waals surface area contributed by atoms with Crippen molar-refractivity contribution in [1.82, 2.24) is 9.88 Å². The summed E-state index contributed by atoms with van der Waals surface area (Å²) in [6, 6.07) is 0. The highest BCUT2D eigenvalue weighted by Crippen LogP contribution is 2.26. The highest BCUT2D eigenvalue weighted by molar-refractivity contribution is 7.09. The third-order valence-electron chi connectivity index (χ3n) is 2.83. The Bertz CT molecular complexity index is 356. The summed E-state index contributed by atoms with van der Waals surface area (Å²) >= 11 is 1.74. The van der Waals surface area contributed by atoms with Gasteiger partial charge in [-0.05, 0) is 6.42 Å². The Hall–Kier alpha value is -0.450. The number of aliphatic hydroxyl groups is 1. The standard InChI is InChI=1S/C12H20N2OS/c1-12(2,3)11-13-9(8-16-11)6-14-5-4-10(15)7-14/h8,10,15H,4-7H2,1-3H3/t10-/m0/s1. The molecule has 1 aromatic heterocycles. The van der Waals surface area contributed by atoms with Crippen molar-refractivity contribution in [3.8, 4) is 0 Å². The zero-order valence-corrected chi connectivity index (χ0v) is 11.0. The Kier molecular flexibility index (Phi) is 3.33. The van der Waals surface area contributed by atoms with Crippen LogP contribution in [0.5, 0.6) is 0 Å². The molecule has 0 unspecified atom stereocenters. The van der Waals surface area contributed by atoms with E-state index in [4.69, 9.17) is 0 Å². The van der Waals surface area contributed by atoms with Crippen LogP contribution in [0.1, 0.15) is 37.9 Å². The van der Waals surface area contributed by atoms with Crippen LogP contribution in [0, 0.1) is 0 Å². The predicted octanol–water partition coefficient (Wildman–Crippen LogP) is 2.01. The fourth-order valence-corrected chi connectivity index (χ4v) is 2.81. The first-order valence-corrected chi connectivity index (χ1v) is 6.68. The highest BCUT2D eigenvalue weighted by atomic mass is 32.1. The van der Waals surface area contributed by atoms with Crippen LogP contribution in [0.4, 0.5) is 0 Å². The molecule has 0 saturated carbocycles. The van der Waals surface area contributed by atoms with Crippen molar-refractivity contribution < 1.29 is 5.11 Å². The van der Waals surface area contributed by atoms with Gasteiger partial charge in [-0.15, -0.1) is 11.3 Å². The van der Waals surface area contributed by atoms with E-state index in [-0.39, 0.29) is 11.5 Å². The predicted molar refractivity (Wildman–Crippen MR) is 66.7 cm³/mol. The lowest BCUT2D eigenvalue weighted by atomic mass is 9.98. The second kappa shape index (κ2) is 4.43. The van der Waals surface area contributed by atoms with E-state index in [0.29, 0.717) is 0 Å². The summed E-state index contributed by atoms with van der Waals surface area (Å²) in [4.78, 5) is 6.94. The molecule has 1 aromatic rings. The lowest BCUT2D eigenvalue weighted by molar-refractivity contribution is 0.174. The molecular formula is C12H20N2OS. The summed E-state index contributed by atoms with van der Waals surface area (Å²) in [6.07, 6.45) is 0.761. The van der Waals surface area contributed by atoms with E-state index in [1.807, 2.05) is 0 Å². The van der Waals surface area contributed by atoms with Crippen molar-refractivity contribution in [2.75, 3.05) is 13.1 Å². The number of hydrogen-bond donors (Lipinski definition) is 1. The Balaban J connectivity index is 1.98. The van der Waals surface area contributed by atoms with E-state index in [9.17, 15) is 5.11 Å². The summed E-state index contributed by atoms with van der Waals surface area (Å²) in [5.74, 6) is 0. The topological polar surface area (TPSA) is 36.4 Å². The van der Waals surface area contributed by atoms with Crippen molar-refractivity contribution in [3.63, 3.8) is 0 Å². The van der Waals surface area contributed by atoms with Gasteiger partial charge >= 0.3 is 0 Å². The molecule has 1 aliphatic rings. The van der Waals surface area contributed by atoms with Crippen molar-refractivity contribution in [2.24, 2.45) is 0 Å². The lowest BCUT2D eigenvalue weighted by Gasteiger charge is -2.15. The molecule has 4 heteroatoms. The second-order valence-corrected chi connectivity index (χ2v) is 6.43. The molecule has 0 spiro atoms. The SMILES string of the molecule is CC(C)(C)c1nc(CN2CC[C@H](O)C2)cs1. The van der Waals surface area contributed by atoms with Crippen LogP contribution in [0.15, 0.2) is 5.38 Å². The average molecular weight is 240 g/mol.